The summed E-state index contributed by atoms with van der Waals surface area (Å²) in [7, 11) is -2.86. The Labute approximate surface area is 255 Å². The number of rotatable bonds is 27. The van der Waals surface area contributed by atoms with Crippen molar-refractivity contribution in [3.63, 3.8) is 0 Å². The number of thioether (sulfide) groups is 1. The van der Waals surface area contributed by atoms with Crippen LogP contribution < -0.4 is 0 Å². The van der Waals surface area contributed by atoms with Gasteiger partial charge < -0.3 is 9.84 Å². The number of carbonyl (C=O) groups excluding carboxylic acids is 1. The van der Waals surface area contributed by atoms with E-state index in [-0.39, 0.29) is 18.5 Å². The van der Waals surface area contributed by atoms with Crippen molar-refractivity contribution in [2.45, 2.75) is 154 Å². The molecule has 6 nitrogen and oxygen atoms in total. The highest BCUT2D eigenvalue weighted by atomic mass is 32.2. The van der Waals surface area contributed by atoms with E-state index in [4.69, 9.17) is 14.0 Å². The average molecular weight is 614 g/mol. The van der Waals surface area contributed by atoms with E-state index in [0.29, 0.717) is 6.42 Å². The molecule has 0 aliphatic carbocycles. The quantitative estimate of drug-likeness (QED) is 0.0458. The third kappa shape index (κ3) is 17.0. The zero-order valence-electron chi connectivity index (χ0n) is 26.3. The van der Waals surface area contributed by atoms with Gasteiger partial charge in [0.2, 0.25) is 0 Å². The Hall–Kier alpha value is -0.980. The number of carbonyl (C=O) groups is 1. The van der Waals surface area contributed by atoms with Crippen molar-refractivity contribution >= 4 is 25.8 Å². The fourth-order valence-corrected chi connectivity index (χ4v) is 6.95. The van der Waals surface area contributed by atoms with Gasteiger partial charge in [-0.25, -0.2) is 4.79 Å². The van der Waals surface area contributed by atoms with Crippen LogP contribution in [0.2, 0.25) is 0 Å². The summed E-state index contributed by atoms with van der Waals surface area (Å²) >= 11 is 1.84. The predicted molar refractivity (Wildman–Crippen MR) is 172 cm³/mol. The fourth-order valence-electron chi connectivity index (χ4n) is 4.63. The first-order chi connectivity index (χ1) is 19.9. The molecule has 0 saturated heterocycles. The Morgan fingerprint density at radius 1 is 0.854 bits per heavy atom. The van der Waals surface area contributed by atoms with Gasteiger partial charge in [-0.15, -0.1) is 4.52 Å². The molecule has 0 fully saturated rings. The molecule has 8 heteroatoms. The Kier molecular flexibility index (Phi) is 22.7. The molecule has 0 spiro atoms. The van der Waals surface area contributed by atoms with Gasteiger partial charge >= 0.3 is 19.5 Å². The van der Waals surface area contributed by atoms with Crippen LogP contribution in [0.1, 0.15) is 136 Å². The van der Waals surface area contributed by atoms with Gasteiger partial charge in [0.05, 0.1) is 6.10 Å². The Morgan fingerprint density at radius 3 is 2.00 bits per heavy atom. The smallest absolute Gasteiger partial charge is 0.453 e. The lowest BCUT2D eigenvalue weighted by Crippen LogP contribution is -2.44. The van der Waals surface area contributed by atoms with Crippen LogP contribution in [0.15, 0.2) is 30.3 Å². The number of unbranched alkanes of at least 4 members (excludes halogenated alkanes) is 12. The van der Waals surface area contributed by atoms with Crippen molar-refractivity contribution in [3.05, 3.63) is 35.9 Å². The lowest BCUT2D eigenvalue weighted by atomic mass is 10.1. The van der Waals surface area contributed by atoms with E-state index in [1.165, 1.54) is 70.6 Å². The normalized spacial score (nSPS) is 14.8. The first-order valence-corrected chi connectivity index (χ1v) is 18.4. The Morgan fingerprint density at radius 2 is 1.41 bits per heavy atom. The molecule has 1 N–H and O–H groups in total. The molecule has 0 heterocycles. The molecule has 0 saturated carbocycles. The molecule has 1 aromatic carbocycles. The first kappa shape index (κ1) is 38.0. The topological polar surface area (TPSA) is 82.1 Å². The number of benzene rings is 1. The third-order valence-corrected chi connectivity index (χ3v) is 9.96. The molecule has 0 aliphatic rings. The van der Waals surface area contributed by atoms with Gasteiger partial charge in [-0.1, -0.05) is 135 Å². The van der Waals surface area contributed by atoms with Crippen LogP contribution >= 0.6 is 19.8 Å². The second kappa shape index (κ2) is 24.5. The molecule has 1 rings (SSSR count). The first-order valence-electron chi connectivity index (χ1n) is 16.2. The van der Waals surface area contributed by atoms with Crippen LogP contribution in [0.5, 0.6) is 0 Å². The van der Waals surface area contributed by atoms with Gasteiger partial charge in [0.25, 0.3) is 0 Å². The van der Waals surface area contributed by atoms with Gasteiger partial charge in [-0.3, -0.25) is 4.74 Å². The highest BCUT2D eigenvalue weighted by Gasteiger charge is 2.62. The summed E-state index contributed by atoms with van der Waals surface area (Å²) < 4.78 is 29.7. The third-order valence-electron chi connectivity index (χ3n) is 7.18. The summed E-state index contributed by atoms with van der Waals surface area (Å²) in [4.78, 5) is 13.1. The molecule has 4 unspecified atom stereocenters. The fraction of sp³-hybridized carbons (Fsp3) is 0.788. The molecule has 1 aromatic rings. The van der Waals surface area contributed by atoms with Gasteiger partial charge in [-0.2, -0.15) is 11.8 Å². The van der Waals surface area contributed by atoms with E-state index in [2.05, 4.69) is 13.8 Å². The maximum atomic E-state index is 13.1. The zero-order valence-corrected chi connectivity index (χ0v) is 28.0. The van der Waals surface area contributed by atoms with Crippen molar-refractivity contribution in [1.29, 1.82) is 0 Å². The Bertz CT molecular complexity index is 795. The molecular weight excluding hydrogens is 555 g/mol. The maximum absolute atomic E-state index is 13.1. The lowest BCUT2D eigenvalue weighted by molar-refractivity contribution is -0.210. The molecule has 0 aromatic heterocycles. The summed E-state index contributed by atoms with van der Waals surface area (Å²) in [6.07, 6.45) is 18.4. The molecule has 41 heavy (non-hydrogen) atoms. The Balaban J connectivity index is 2.77. The summed E-state index contributed by atoms with van der Waals surface area (Å²) in [5.41, 5.74) is -1.89. The van der Waals surface area contributed by atoms with Crippen LogP contribution in [0.4, 0.5) is 0 Å². The molecule has 0 aliphatic heterocycles. The van der Waals surface area contributed by atoms with E-state index in [1.54, 1.807) is 0 Å². The zero-order chi connectivity index (χ0) is 30.2. The van der Waals surface area contributed by atoms with Crippen molar-refractivity contribution in [2.75, 3.05) is 12.4 Å². The van der Waals surface area contributed by atoms with Crippen LogP contribution in [-0.2, 0) is 30.0 Å². The summed E-state index contributed by atoms with van der Waals surface area (Å²) in [6.45, 7) is 8.29. The number of aliphatic hydroxyl groups is 1. The van der Waals surface area contributed by atoms with E-state index < -0.39 is 25.6 Å². The number of ether oxygens (including phenoxy) is 2. The molecule has 0 radical (unpaired) electrons. The van der Waals surface area contributed by atoms with Crippen LogP contribution in [-0.4, -0.2) is 40.3 Å². The van der Waals surface area contributed by atoms with Crippen LogP contribution in [0, 0.1) is 0 Å². The second-order valence-corrected chi connectivity index (χ2v) is 13.7. The highest BCUT2D eigenvalue weighted by Crippen LogP contribution is 2.43. The van der Waals surface area contributed by atoms with Crippen LogP contribution in [0.3, 0.4) is 0 Å². The number of hydrogen-bond acceptors (Lipinski definition) is 7. The summed E-state index contributed by atoms with van der Waals surface area (Å²) in [6, 6.07) is 9.20. The predicted octanol–water partition coefficient (Wildman–Crippen LogP) is 9.94. The number of hydrogen-bond donors (Lipinski definition) is 1. The van der Waals surface area contributed by atoms with E-state index in [1.807, 2.05) is 55.9 Å². The van der Waals surface area contributed by atoms with Gasteiger partial charge in [-0.05, 0) is 42.1 Å². The molecule has 4 atom stereocenters. The van der Waals surface area contributed by atoms with Crippen molar-refractivity contribution in [3.8, 4) is 0 Å². The monoisotopic (exact) mass is 613 g/mol. The molecular formula is C33H58O6PS+. The van der Waals surface area contributed by atoms with E-state index in [9.17, 15) is 14.5 Å². The standard InChI is InChI=1S/C33H58O6PS/c1-5-8-10-12-13-14-15-17-22-27-41-31(25-21-16-11-9-6-2)29(4)39-33(35,40(36)38-26-7-3)32(34)37-28-30-23-19-18-20-24-30/h18-20,23-24,29,31,35H,5-17,21-22,25-28H2,1-4H3/q+1. The van der Waals surface area contributed by atoms with Crippen molar-refractivity contribution in [1.82, 2.24) is 0 Å². The van der Waals surface area contributed by atoms with Crippen molar-refractivity contribution < 1.29 is 28.5 Å². The van der Waals surface area contributed by atoms with Crippen LogP contribution in [0.25, 0.3) is 0 Å². The molecule has 0 amide bonds. The minimum Gasteiger partial charge on any atom is -0.453 e. The minimum absolute atomic E-state index is 0.0507. The SMILES string of the molecule is CCCCCCCCCCCSC(CCCCCCC)C(C)OC(O)(C(=O)OCc1ccccc1)[P+](=O)OCCC. The molecule has 0 bridgehead atoms. The summed E-state index contributed by atoms with van der Waals surface area (Å²) in [5.74, 6) is -0.0746. The second-order valence-electron chi connectivity index (χ2n) is 11.0. The van der Waals surface area contributed by atoms with Gasteiger partial charge in [0, 0.05) is 5.25 Å². The largest absolute Gasteiger partial charge is 0.589 e. The van der Waals surface area contributed by atoms with E-state index >= 15 is 0 Å². The highest BCUT2D eigenvalue weighted by molar-refractivity contribution is 7.99. The summed E-state index contributed by atoms with van der Waals surface area (Å²) in [5, 5.41) is 11.4. The lowest BCUT2D eigenvalue weighted by Gasteiger charge is -2.27. The van der Waals surface area contributed by atoms with E-state index in [0.717, 1.165) is 37.0 Å². The van der Waals surface area contributed by atoms with Crippen molar-refractivity contribution in [2.24, 2.45) is 0 Å². The molecule has 236 valence electrons. The average Bonchev–Trinajstić information content (AvgIpc) is 2.98. The minimum atomic E-state index is -2.86. The van der Waals surface area contributed by atoms with Gasteiger partial charge in [0.1, 0.15) is 13.2 Å². The number of esters is 1. The van der Waals surface area contributed by atoms with Gasteiger partial charge in [0.15, 0.2) is 0 Å². The maximum Gasteiger partial charge on any atom is 0.589 e.